The largest absolute Gasteiger partial charge is 0.488 e. The summed E-state index contributed by atoms with van der Waals surface area (Å²) in [6.45, 7) is 4.00. The van der Waals surface area contributed by atoms with Crippen molar-refractivity contribution in [3.05, 3.63) is 69.3 Å². The number of rotatable bonds is 5. The fraction of sp³-hybridized carbons (Fsp3) is 0.250. The van der Waals surface area contributed by atoms with Gasteiger partial charge in [-0.1, -0.05) is 29.8 Å². The molecule has 0 bridgehead atoms. The number of nitrogens with zero attached hydrogens (tertiary/aromatic N) is 1. The van der Waals surface area contributed by atoms with Crippen molar-refractivity contribution in [1.29, 1.82) is 0 Å². The molecule has 0 heterocycles. The summed E-state index contributed by atoms with van der Waals surface area (Å²) in [5.74, 6) is 0.661. The van der Waals surface area contributed by atoms with Gasteiger partial charge in [-0.15, -0.1) is 0 Å². The first kappa shape index (κ1) is 15.0. The Hall–Kier alpha value is -2.40. The maximum Gasteiger partial charge on any atom is 0.276 e. The Labute approximate surface area is 123 Å². The van der Waals surface area contributed by atoms with Crippen molar-refractivity contribution in [2.75, 3.05) is 0 Å². The van der Waals surface area contributed by atoms with E-state index in [1.807, 2.05) is 32.0 Å². The summed E-state index contributed by atoms with van der Waals surface area (Å²) >= 11 is 0. The van der Waals surface area contributed by atoms with Crippen LogP contribution in [0.2, 0.25) is 0 Å². The fourth-order valence-corrected chi connectivity index (χ4v) is 2.12. The molecular formula is C16H18N2O3. The van der Waals surface area contributed by atoms with Crippen LogP contribution in [0.25, 0.3) is 0 Å². The summed E-state index contributed by atoms with van der Waals surface area (Å²) in [6, 6.07) is 12.2. The SMILES string of the molecule is Cc1ccc(OCc2ccccc2[N+](=O)[O-])c([C@@H](C)N)c1. The summed E-state index contributed by atoms with van der Waals surface area (Å²) < 4.78 is 5.75. The van der Waals surface area contributed by atoms with Crippen LogP contribution in [0.3, 0.4) is 0 Å². The number of benzene rings is 2. The molecular weight excluding hydrogens is 268 g/mol. The molecule has 110 valence electrons. The minimum Gasteiger partial charge on any atom is -0.488 e. The molecule has 0 radical (unpaired) electrons. The van der Waals surface area contributed by atoms with Crippen LogP contribution >= 0.6 is 0 Å². The zero-order valence-corrected chi connectivity index (χ0v) is 12.1. The Morgan fingerprint density at radius 3 is 2.67 bits per heavy atom. The number of ether oxygens (including phenoxy) is 1. The van der Waals surface area contributed by atoms with Gasteiger partial charge in [0.2, 0.25) is 0 Å². The first-order valence-electron chi connectivity index (χ1n) is 6.70. The van der Waals surface area contributed by atoms with Crippen molar-refractivity contribution in [3.63, 3.8) is 0 Å². The van der Waals surface area contributed by atoms with E-state index in [0.717, 1.165) is 11.1 Å². The summed E-state index contributed by atoms with van der Waals surface area (Å²) in [4.78, 5) is 10.6. The van der Waals surface area contributed by atoms with Gasteiger partial charge in [0.05, 0.1) is 10.5 Å². The summed E-state index contributed by atoms with van der Waals surface area (Å²) in [6.07, 6.45) is 0. The number of aryl methyl sites for hydroxylation is 1. The highest BCUT2D eigenvalue weighted by Crippen LogP contribution is 2.27. The second-order valence-corrected chi connectivity index (χ2v) is 5.00. The Bertz CT molecular complexity index is 654. The summed E-state index contributed by atoms with van der Waals surface area (Å²) in [7, 11) is 0. The van der Waals surface area contributed by atoms with Crippen LogP contribution in [0, 0.1) is 17.0 Å². The highest BCUT2D eigenvalue weighted by Gasteiger charge is 2.14. The van der Waals surface area contributed by atoms with E-state index in [4.69, 9.17) is 10.5 Å². The summed E-state index contributed by atoms with van der Waals surface area (Å²) in [5, 5.41) is 11.0. The predicted molar refractivity (Wildman–Crippen MR) is 81.2 cm³/mol. The Balaban J connectivity index is 2.23. The molecule has 2 aromatic carbocycles. The third-order valence-electron chi connectivity index (χ3n) is 3.23. The maximum atomic E-state index is 11.0. The molecule has 0 aliphatic carbocycles. The first-order valence-corrected chi connectivity index (χ1v) is 6.70. The van der Waals surface area contributed by atoms with Crippen molar-refractivity contribution in [2.24, 2.45) is 5.73 Å². The zero-order valence-electron chi connectivity index (χ0n) is 12.1. The molecule has 2 rings (SSSR count). The highest BCUT2D eigenvalue weighted by molar-refractivity contribution is 5.41. The molecule has 0 aliphatic heterocycles. The van der Waals surface area contributed by atoms with Crippen molar-refractivity contribution in [2.45, 2.75) is 26.5 Å². The van der Waals surface area contributed by atoms with Gasteiger partial charge in [0, 0.05) is 17.7 Å². The molecule has 2 N–H and O–H groups in total. The van der Waals surface area contributed by atoms with E-state index >= 15 is 0 Å². The Morgan fingerprint density at radius 1 is 1.29 bits per heavy atom. The van der Waals surface area contributed by atoms with Gasteiger partial charge in [0.1, 0.15) is 12.4 Å². The van der Waals surface area contributed by atoms with Crippen molar-refractivity contribution >= 4 is 5.69 Å². The van der Waals surface area contributed by atoms with Crippen LogP contribution in [0.5, 0.6) is 5.75 Å². The molecule has 21 heavy (non-hydrogen) atoms. The number of hydrogen-bond donors (Lipinski definition) is 1. The molecule has 2 aromatic rings. The van der Waals surface area contributed by atoms with E-state index < -0.39 is 4.92 Å². The van der Waals surface area contributed by atoms with Crippen LogP contribution in [0.4, 0.5) is 5.69 Å². The van der Waals surface area contributed by atoms with Gasteiger partial charge in [-0.05, 0) is 26.0 Å². The van der Waals surface area contributed by atoms with Crippen molar-refractivity contribution < 1.29 is 9.66 Å². The van der Waals surface area contributed by atoms with E-state index in [2.05, 4.69) is 0 Å². The summed E-state index contributed by atoms with van der Waals surface area (Å²) in [5.41, 5.74) is 8.54. The van der Waals surface area contributed by atoms with Crippen LogP contribution in [-0.4, -0.2) is 4.92 Å². The first-order chi connectivity index (χ1) is 9.99. The number of hydrogen-bond acceptors (Lipinski definition) is 4. The maximum absolute atomic E-state index is 11.0. The van der Waals surface area contributed by atoms with E-state index in [9.17, 15) is 10.1 Å². The Morgan fingerprint density at radius 2 is 2.00 bits per heavy atom. The molecule has 0 fully saturated rings. The fourth-order valence-electron chi connectivity index (χ4n) is 2.12. The second kappa shape index (κ2) is 6.37. The molecule has 0 aromatic heterocycles. The average Bonchev–Trinajstić information content (AvgIpc) is 2.46. The minimum atomic E-state index is -0.402. The smallest absolute Gasteiger partial charge is 0.276 e. The molecule has 0 spiro atoms. The monoisotopic (exact) mass is 286 g/mol. The molecule has 5 nitrogen and oxygen atoms in total. The van der Waals surface area contributed by atoms with Gasteiger partial charge in [-0.25, -0.2) is 0 Å². The molecule has 0 aliphatic rings. The van der Waals surface area contributed by atoms with E-state index in [0.29, 0.717) is 11.3 Å². The molecule has 5 heteroatoms. The number of para-hydroxylation sites is 1. The number of nitrogens with two attached hydrogens (primary N) is 1. The lowest BCUT2D eigenvalue weighted by molar-refractivity contribution is -0.385. The zero-order chi connectivity index (χ0) is 15.4. The second-order valence-electron chi connectivity index (χ2n) is 5.00. The van der Waals surface area contributed by atoms with Gasteiger partial charge in [0.25, 0.3) is 5.69 Å². The molecule has 0 amide bonds. The minimum absolute atomic E-state index is 0.0620. The number of nitro benzene ring substituents is 1. The van der Waals surface area contributed by atoms with Gasteiger partial charge in [-0.3, -0.25) is 10.1 Å². The molecule has 1 atom stereocenters. The van der Waals surface area contributed by atoms with E-state index in [-0.39, 0.29) is 18.3 Å². The topological polar surface area (TPSA) is 78.4 Å². The third kappa shape index (κ3) is 3.58. The van der Waals surface area contributed by atoms with Crippen molar-refractivity contribution in [1.82, 2.24) is 0 Å². The van der Waals surface area contributed by atoms with Gasteiger partial charge in [0.15, 0.2) is 0 Å². The molecule has 0 saturated heterocycles. The highest BCUT2D eigenvalue weighted by atomic mass is 16.6. The van der Waals surface area contributed by atoms with Gasteiger partial charge < -0.3 is 10.5 Å². The average molecular weight is 286 g/mol. The lowest BCUT2D eigenvalue weighted by atomic mass is 10.1. The van der Waals surface area contributed by atoms with Crippen LogP contribution in [0.1, 0.15) is 29.7 Å². The van der Waals surface area contributed by atoms with Crippen LogP contribution in [-0.2, 0) is 6.61 Å². The number of nitro groups is 1. The molecule has 0 unspecified atom stereocenters. The van der Waals surface area contributed by atoms with Gasteiger partial charge >= 0.3 is 0 Å². The lowest BCUT2D eigenvalue weighted by Gasteiger charge is -2.15. The molecule has 0 saturated carbocycles. The Kier molecular flexibility index (Phi) is 4.55. The normalized spacial score (nSPS) is 12.0. The standard InChI is InChI=1S/C16H18N2O3/c1-11-7-8-16(14(9-11)12(2)17)21-10-13-5-3-4-6-15(13)18(19)20/h3-9,12H,10,17H2,1-2H3/t12-/m1/s1. The van der Waals surface area contributed by atoms with E-state index in [1.165, 1.54) is 6.07 Å². The van der Waals surface area contributed by atoms with Crippen molar-refractivity contribution in [3.8, 4) is 5.75 Å². The predicted octanol–water partition coefficient (Wildman–Crippen LogP) is 3.50. The quantitative estimate of drug-likeness (QED) is 0.674. The third-order valence-corrected chi connectivity index (χ3v) is 3.23. The van der Waals surface area contributed by atoms with Crippen LogP contribution < -0.4 is 10.5 Å². The van der Waals surface area contributed by atoms with Gasteiger partial charge in [-0.2, -0.15) is 0 Å². The van der Waals surface area contributed by atoms with E-state index in [1.54, 1.807) is 18.2 Å². The van der Waals surface area contributed by atoms with Crippen LogP contribution in [0.15, 0.2) is 42.5 Å². The lowest BCUT2D eigenvalue weighted by Crippen LogP contribution is -2.09.